The van der Waals surface area contributed by atoms with E-state index in [9.17, 15) is 31.7 Å². The number of nitro groups is 1. The Morgan fingerprint density at radius 2 is 1.71 bits per heavy atom. The standard InChI is InChI=1S/C18H22N4O7S2/c1-13-8-9-16(22(24)25)11-17(13)21(31(4,28)29)12-18(23)19-14-6-5-7-15(10-14)20(2)30(3,26)27/h5-11H,12H2,1-4H3,(H,19,23). The van der Waals surface area contributed by atoms with Gasteiger partial charge in [0.25, 0.3) is 5.69 Å². The average molecular weight is 471 g/mol. The molecular formula is C18H22N4O7S2. The molecule has 0 bridgehead atoms. The maximum Gasteiger partial charge on any atom is 0.271 e. The molecule has 0 saturated heterocycles. The van der Waals surface area contributed by atoms with Gasteiger partial charge in [-0.05, 0) is 30.7 Å². The van der Waals surface area contributed by atoms with Gasteiger partial charge in [0, 0.05) is 24.9 Å². The second kappa shape index (κ2) is 8.89. The summed E-state index contributed by atoms with van der Waals surface area (Å²) in [5.41, 5.74) is 0.682. The topological polar surface area (TPSA) is 147 Å². The molecule has 0 unspecified atom stereocenters. The van der Waals surface area contributed by atoms with Crippen molar-refractivity contribution in [1.82, 2.24) is 0 Å². The zero-order valence-electron chi connectivity index (χ0n) is 17.3. The van der Waals surface area contributed by atoms with Crippen molar-refractivity contribution in [2.24, 2.45) is 0 Å². The van der Waals surface area contributed by atoms with E-state index >= 15 is 0 Å². The summed E-state index contributed by atoms with van der Waals surface area (Å²) in [5.74, 6) is -0.713. The first-order valence-electron chi connectivity index (χ1n) is 8.76. The van der Waals surface area contributed by atoms with Crippen LogP contribution in [0.2, 0.25) is 0 Å². The molecule has 11 nitrogen and oxygen atoms in total. The number of anilines is 3. The van der Waals surface area contributed by atoms with Crippen molar-refractivity contribution in [3.63, 3.8) is 0 Å². The lowest BCUT2D eigenvalue weighted by atomic mass is 10.2. The first kappa shape index (κ1) is 24.1. The van der Waals surface area contributed by atoms with E-state index in [2.05, 4.69) is 5.32 Å². The second-order valence-corrected chi connectivity index (χ2v) is 10.7. The molecule has 0 aliphatic heterocycles. The fraction of sp³-hybridized carbons (Fsp3) is 0.278. The largest absolute Gasteiger partial charge is 0.324 e. The molecule has 0 spiro atoms. The summed E-state index contributed by atoms with van der Waals surface area (Å²) in [7, 11) is -6.11. The van der Waals surface area contributed by atoms with Gasteiger partial charge in [0.2, 0.25) is 26.0 Å². The highest BCUT2D eigenvalue weighted by Gasteiger charge is 2.24. The Labute approximate surface area is 180 Å². The number of nitrogens with one attached hydrogen (secondary N) is 1. The normalized spacial score (nSPS) is 11.6. The molecule has 31 heavy (non-hydrogen) atoms. The van der Waals surface area contributed by atoms with Crippen LogP contribution >= 0.6 is 0 Å². The number of non-ortho nitro benzene ring substituents is 1. The fourth-order valence-corrected chi connectivity index (χ4v) is 4.07. The maximum atomic E-state index is 12.6. The van der Waals surface area contributed by atoms with Gasteiger partial charge in [-0.15, -0.1) is 0 Å². The smallest absolute Gasteiger partial charge is 0.271 e. The van der Waals surface area contributed by atoms with Crippen LogP contribution in [0, 0.1) is 17.0 Å². The SMILES string of the molecule is Cc1ccc([N+](=O)[O-])cc1N(CC(=O)Nc1cccc(N(C)S(C)(=O)=O)c1)S(C)(=O)=O. The number of sulfonamides is 2. The van der Waals surface area contributed by atoms with Gasteiger partial charge in [-0.2, -0.15) is 0 Å². The molecule has 1 N–H and O–H groups in total. The van der Waals surface area contributed by atoms with Crippen molar-refractivity contribution in [1.29, 1.82) is 0 Å². The Kier molecular flexibility index (Phi) is 6.91. The van der Waals surface area contributed by atoms with Crippen LogP contribution in [-0.2, 0) is 24.8 Å². The monoisotopic (exact) mass is 470 g/mol. The summed E-state index contributed by atoms with van der Waals surface area (Å²) in [6, 6.07) is 9.73. The molecule has 2 aromatic rings. The molecule has 2 aromatic carbocycles. The Morgan fingerprint density at radius 1 is 1.06 bits per heavy atom. The third kappa shape index (κ3) is 6.15. The molecule has 168 valence electrons. The molecule has 1 amide bonds. The summed E-state index contributed by atoms with van der Waals surface area (Å²) >= 11 is 0. The van der Waals surface area contributed by atoms with Crippen molar-refractivity contribution in [3.05, 3.63) is 58.1 Å². The van der Waals surface area contributed by atoms with Crippen LogP contribution in [-0.4, -0.2) is 53.8 Å². The van der Waals surface area contributed by atoms with Crippen LogP contribution in [0.1, 0.15) is 5.56 Å². The first-order chi connectivity index (χ1) is 14.2. The van der Waals surface area contributed by atoms with Crippen molar-refractivity contribution in [2.45, 2.75) is 6.92 Å². The predicted molar refractivity (Wildman–Crippen MR) is 118 cm³/mol. The zero-order valence-corrected chi connectivity index (χ0v) is 18.9. The lowest BCUT2D eigenvalue weighted by Gasteiger charge is -2.23. The van der Waals surface area contributed by atoms with E-state index in [0.29, 0.717) is 11.3 Å². The third-order valence-corrected chi connectivity index (χ3v) is 6.68. The highest BCUT2D eigenvalue weighted by Crippen LogP contribution is 2.27. The van der Waals surface area contributed by atoms with Gasteiger partial charge in [-0.1, -0.05) is 12.1 Å². The van der Waals surface area contributed by atoms with Crippen LogP contribution in [0.4, 0.5) is 22.7 Å². The quantitative estimate of drug-likeness (QED) is 0.456. The summed E-state index contributed by atoms with van der Waals surface area (Å²) in [4.78, 5) is 23.0. The van der Waals surface area contributed by atoms with Crippen LogP contribution in [0.25, 0.3) is 0 Å². The summed E-state index contributed by atoms with van der Waals surface area (Å²) in [5, 5.41) is 13.6. The molecule has 0 fully saturated rings. The zero-order chi connectivity index (χ0) is 23.6. The summed E-state index contributed by atoms with van der Waals surface area (Å²) in [6.45, 7) is 0.937. The minimum atomic E-state index is -3.95. The van der Waals surface area contributed by atoms with Crippen molar-refractivity contribution < 1.29 is 26.6 Å². The molecule has 2 rings (SSSR count). The predicted octanol–water partition coefficient (Wildman–Crippen LogP) is 1.70. The van der Waals surface area contributed by atoms with Crippen molar-refractivity contribution in [3.8, 4) is 0 Å². The number of nitro benzene ring substituents is 1. The Hall–Kier alpha value is -3.19. The van der Waals surface area contributed by atoms with E-state index in [-0.39, 0.29) is 17.1 Å². The minimum Gasteiger partial charge on any atom is -0.324 e. The van der Waals surface area contributed by atoms with Gasteiger partial charge >= 0.3 is 0 Å². The highest BCUT2D eigenvalue weighted by molar-refractivity contribution is 7.92. The van der Waals surface area contributed by atoms with Gasteiger partial charge in [0.1, 0.15) is 6.54 Å². The number of hydrogen-bond donors (Lipinski definition) is 1. The highest BCUT2D eigenvalue weighted by atomic mass is 32.2. The van der Waals surface area contributed by atoms with Crippen LogP contribution in [0.15, 0.2) is 42.5 Å². The first-order valence-corrected chi connectivity index (χ1v) is 12.5. The third-order valence-electron chi connectivity index (χ3n) is 4.35. The van der Waals surface area contributed by atoms with Crippen LogP contribution < -0.4 is 13.9 Å². The van der Waals surface area contributed by atoms with Crippen LogP contribution in [0.3, 0.4) is 0 Å². The Balaban J connectivity index is 2.32. The molecule has 0 atom stereocenters. The number of rotatable bonds is 8. The van der Waals surface area contributed by atoms with E-state index in [0.717, 1.165) is 27.2 Å². The maximum absolute atomic E-state index is 12.6. The van der Waals surface area contributed by atoms with E-state index in [1.165, 1.54) is 43.4 Å². The lowest BCUT2D eigenvalue weighted by Crippen LogP contribution is -2.38. The Bertz CT molecular complexity index is 1230. The van der Waals surface area contributed by atoms with E-state index in [4.69, 9.17) is 0 Å². The molecule has 0 aromatic heterocycles. The molecular weight excluding hydrogens is 448 g/mol. The molecule has 13 heteroatoms. The van der Waals surface area contributed by atoms with E-state index in [1.54, 1.807) is 6.92 Å². The molecule has 0 aliphatic carbocycles. The second-order valence-electron chi connectivity index (χ2n) is 6.83. The molecule has 0 aliphatic rings. The summed E-state index contributed by atoms with van der Waals surface area (Å²) in [6.07, 6.45) is 1.92. The van der Waals surface area contributed by atoms with Crippen molar-refractivity contribution >= 4 is 48.7 Å². The molecule has 0 radical (unpaired) electrons. The number of carbonyl (C=O) groups excluding carboxylic acids is 1. The minimum absolute atomic E-state index is 0.0115. The van der Waals surface area contributed by atoms with E-state index < -0.39 is 37.4 Å². The number of amides is 1. The van der Waals surface area contributed by atoms with Gasteiger partial charge in [0.15, 0.2) is 0 Å². The number of benzene rings is 2. The van der Waals surface area contributed by atoms with Gasteiger partial charge < -0.3 is 5.32 Å². The molecule has 0 heterocycles. The van der Waals surface area contributed by atoms with Gasteiger partial charge in [-0.3, -0.25) is 23.5 Å². The van der Waals surface area contributed by atoms with Gasteiger partial charge in [0.05, 0.1) is 28.8 Å². The lowest BCUT2D eigenvalue weighted by molar-refractivity contribution is -0.384. The van der Waals surface area contributed by atoms with Crippen LogP contribution in [0.5, 0.6) is 0 Å². The van der Waals surface area contributed by atoms with Crippen molar-refractivity contribution in [2.75, 3.05) is 40.0 Å². The Morgan fingerprint density at radius 3 is 2.26 bits per heavy atom. The van der Waals surface area contributed by atoms with E-state index in [1.807, 2.05) is 0 Å². The molecule has 0 saturated carbocycles. The summed E-state index contributed by atoms with van der Waals surface area (Å²) < 4.78 is 49.8. The average Bonchev–Trinajstić information content (AvgIpc) is 2.64. The number of nitrogens with zero attached hydrogens (tertiary/aromatic N) is 3. The van der Waals surface area contributed by atoms with Gasteiger partial charge in [-0.25, -0.2) is 16.8 Å². The number of hydrogen-bond acceptors (Lipinski definition) is 7. The fourth-order valence-electron chi connectivity index (χ4n) is 2.66. The number of carbonyl (C=O) groups is 1. The number of aryl methyl sites for hydroxylation is 1.